The Morgan fingerprint density at radius 2 is 2.00 bits per heavy atom. The molecule has 2 atom stereocenters. The Balaban J connectivity index is 2.04. The third-order valence-electron chi connectivity index (χ3n) is 3.50. The van der Waals surface area contributed by atoms with Crippen LogP contribution in [0.2, 0.25) is 0 Å². The highest BCUT2D eigenvalue weighted by molar-refractivity contribution is 5.84. The van der Waals surface area contributed by atoms with Crippen molar-refractivity contribution in [1.29, 1.82) is 5.41 Å². The molecule has 1 aliphatic heterocycles. The molecule has 1 N–H and O–H groups in total. The molecule has 0 radical (unpaired) electrons. The van der Waals surface area contributed by atoms with E-state index in [2.05, 4.69) is 18.7 Å². The summed E-state index contributed by atoms with van der Waals surface area (Å²) in [5.74, 6) is 1.56. The highest BCUT2D eigenvalue weighted by Crippen LogP contribution is 2.36. The van der Waals surface area contributed by atoms with Crippen LogP contribution in [0.5, 0.6) is 0 Å². The van der Waals surface area contributed by atoms with Gasteiger partial charge in [0.1, 0.15) is 0 Å². The van der Waals surface area contributed by atoms with E-state index in [0.717, 1.165) is 5.84 Å². The van der Waals surface area contributed by atoms with Crippen LogP contribution < -0.4 is 0 Å². The average molecular weight is 180 g/mol. The first-order valence-corrected chi connectivity index (χ1v) is 5.60. The van der Waals surface area contributed by atoms with Crippen molar-refractivity contribution in [3.8, 4) is 0 Å². The Morgan fingerprint density at radius 1 is 1.31 bits per heavy atom. The van der Waals surface area contributed by atoms with Crippen LogP contribution in [-0.4, -0.2) is 22.8 Å². The monoisotopic (exact) mass is 180 g/mol. The molecule has 2 rings (SSSR count). The highest BCUT2D eigenvalue weighted by Gasteiger charge is 2.37. The van der Waals surface area contributed by atoms with Gasteiger partial charge in [0, 0.05) is 18.0 Å². The molecule has 2 fully saturated rings. The summed E-state index contributed by atoms with van der Waals surface area (Å²) in [5, 5.41) is 8.09. The van der Waals surface area contributed by atoms with Crippen LogP contribution in [0.15, 0.2) is 0 Å². The fourth-order valence-corrected chi connectivity index (χ4v) is 2.47. The molecule has 0 aromatic rings. The van der Waals surface area contributed by atoms with E-state index in [9.17, 15) is 0 Å². The first-order chi connectivity index (χ1) is 6.24. The van der Waals surface area contributed by atoms with Crippen molar-refractivity contribution in [2.45, 2.75) is 58.0 Å². The van der Waals surface area contributed by atoms with Gasteiger partial charge in [0.15, 0.2) is 0 Å². The average Bonchev–Trinajstić information content (AvgIpc) is 2.89. The van der Waals surface area contributed by atoms with Gasteiger partial charge in [0.05, 0.1) is 5.84 Å². The molecule has 1 heterocycles. The van der Waals surface area contributed by atoms with E-state index in [0.29, 0.717) is 18.0 Å². The smallest absolute Gasteiger partial charge is 0.0994 e. The van der Waals surface area contributed by atoms with E-state index in [4.69, 9.17) is 5.41 Å². The minimum atomic E-state index is 0.620. The number of nitrogens with zero attached hydrogens (tertiary/aromatic N) is 1. The van der Waals surface area contributed by atoms with Crippen LogP contribution >= 0.6 is 0 Å². The molecule has 0 spiro atoms. The number of rotatable bonds is 2. The maximum absolute atomic E-state index is 8.09. The van der Waals surface area contributed by atoms with Gasteiger partial charge in [-0.15, -0.1) is 0 Å². The minimum absolute atomic E-state index is 0.620. The zero-order valence-electron chi connectivity index (χ0n) is 8.71. The van der Waals surface area contributed by atoms with Gasteiger partial charge in [0.2, 0.25) is 0 Å². The molecule has 0 aromatic carbocycles. The van der Waals surface area contributed by atoms with E-state index in [1.54, 1.807) is 0 Å². The molecule has 1 saturated heterocycles. The van der Waals surface area contributed by atoms with Crippen molar-refractivity contribution in [2.75, 3.05) is 0 Å². The fraction of sp³-hybridized carbons (Fsp3) is 0.909. The summed E-state index contributed by atoms with van der Waals surface area (Å²) in [5.41, 5.74) is 0. The number of amidine groups is 1. The highest BCUT2D eigenvalue weighted by atomic mass is 15.2. The standard InChI is InChI=1S/C11H20N2/c1-3-10-7-4-8(2)13(10)11(12)9-5-6-9/h8-10,12H,3-7H2,1-2H3. The molecular weight excluding hydrogens is 160 g/mol. The van der Waals surface area contributed by atoms with E-state index < -0.39 is 0 Å². The second-order valence-electron chi connectivity index (χ2n) is 4.56. The van der Waals surface area contributed by atoms with Gasteiger partial charge in [-0.1, -0.05) is 6.92 Å². The van der Waals surface area contributed by atoms with Gasteiger partial charge in [-0.05, 0) is 39.0 Å². The Labute approximate surface area is 80.8 Å². The fourth-order valence-electron chi connectivity index (χ4n) is 2.47. The van der Waals surface area contributed by atoms with E-state index in [1.165, 1.54) is 32.1 Å². The third-order valence-corrected chi connectivity index (χ3v) is 3.50. The van der Waals surface area contributed by atoms with Crippen LogP contribution in [0.3, 0.4) is 0 Å². The van der Waals surface area contributed by atoms with Crippen molar-refractivity contribution in [3.63, 3.8) is 0 Å². The predicted octanol–water partition coefficient (Wildman–Crippen LogP) is 2.64. The van der Waals surface area contributed by atoms with Crippen molar-refractivity contribution in [2.24, 2.45) is 5.92 Å². The topological polar surface area (TPSA) is 27.1 Å². The molecular formula is C11H20N2. The van der Waals surface area contributed by atoms with E-state index in [-0.39, 0.29) is 0 Å². The SMILES string of the molecule is CCC1CCC(C)N1C(=N)C1CC1. The summed E-state index contributed by atoms with van der Waals surface area (Å²) in [7, 11) is 0. The molecule has 13 heavy (non-hydrogen) atoms. The Morgan fingerprint density at radius 3 is 2.54 bits per heavy atom. The zero-order chi connectivity index (χ0) is 9.42. The number of hydrogen-bond acceptors (Lipinski definition) is 1. The lowest BCUT2D eigenvalue weighted by Gasteiger charge is -2.30. The summed E-state index contributed by atoms with van der Waals surface area (Å²) >= 11 is 0. The summed E-state index contributed by atoms with van der Waals surface area (Å²) in [6.07, 6.45) is 6.32. The summed E-state index contributed by atoms with van der Waals surface area (Å²) in [6.45, 7) is 4.52. The molecule has 74 valence electrons. The third kappa shape index (κ3) is 1.59. The molecule has 0 bridgehead atoms. The van der Waals surface area contributed by atoms with Gasteiger partial charge in [0.25, 0.3) is 0 Å². The first-order valence-electron chi connectivity index (χ1n) is 5.60. The Bertz CT molecular complexity index is 208. The van der Waals surface area contributed by atoms with Crippen LogP contribution in [0.25, 0.3) is 0 Å². The number of hydrogen-bond donors (Lipinski definition) is 1. The quantitative estimate of drug-likeness (QED) is 0.513. The van der Waals surface area contributed by atoms with Gasteiger partial charge in [-0.3, -0.25) is 5.41 Å². The minimum Gasteiger partial charge on any atom is -0.355 e. The molecule has 1 saturated carbocycles. The van der Waals surface area contributed by atoms with Crippen LogP contribution in [0, 0.1) is 11.3 Å². The van der Waals surface area contributed by atoms with Gasteiger partial charge < -0.3 is 4.90 Å². The van der Waals surface area contributed by atoms with Crippen LogP contribution in [-0.2, 0) is 0 Å². The van der Waals surface area contributed by atoms with Gasteiger partial charge >= 0.3 is 0 Å². The lowest BCUT2D eigenvalue weighted by Crippen LogP contribution is -2.40. The molecule has 2 unspecified atom stereocenters. The first kappa shape index (κ1) is 9.04. The van der Waals surface area contributed by atoms with Crippen LogP contribution in [0.1, 0.15) is 46.0 Å². The van der Waals surface area contributed by atoms with Gasteiger partial charge in [-0.2, -0.15) is 0 Å². The number of nitrogens with one attached hydrogen (secondary N) is 1. The second kappa shape index (κ2) is 3.32. The van der Waals surface area contributed by atoms with Crippen LogP contribution in [0.4, 0.5) is 0 Å². The molecule has 2 heteroatoms. The molecule has 2 nitrogen and oxygen atoms in total. The Kier molecular flexibility index (Phi) is 2.31. The lowest BCUT2D eigenvalue weighted by molar-refractivity contribution is 0.311. The maximum atomic E-state index is 8.09. The molecule has 0 aromatic heterocycles. The number of likely N-dealkylation sites (tertiary alicyclic amines) is 1. The largest absolute Gasteiger partial charge is 0.355 e. The maximum Gasteiger partial charge on any atom is 0.0994 e. The summed E-state index contributed by atoms with van der Waals surface area (Å²) in [6, 6.07) is 1.29. The molecule has 2 aliphatic rings. The summed E-state index contributed by atoms with van der Waals surface area (Å²) < 4.78 is 0. The predicted molar refractivity (Wildman–Crippen MR) is 55.1 cm³/mol. The second-order valence-corrected chi connectivity index (χ2v) is 4.56. The normalized spacial score (nSPS) is 33.8. The van der Waals surface area contributed by atoms with Crippen molar-refractivity contribution >= 4 is 5.84 Å². The van der Waals surface area contributed by atoms with E-state index >= 15 is 0 Å². The van der Waals surface area contributed by atoms with Gasteiger partial charge in [-0.25, -0.2) is 0 Å². The van der Waals surface area contributed by atoms with Crippen molar-refractivity contribution < 1.29 is 0 Å². The zero-order valence-corrected chi connectivity index (χ0v) is 8.71. The van der Waals surface area contributed by atoms with Crippen molar-refractivity contribution in [3.05, 3.63) is 0 Å². The van der Waals surface area contributed by atoms with E-state index in [1.807, 2.05) is 0 Å². The Hall–Kier alpha value is -0.530. The summed E-state index contributed by atoms with van der Waals surface area (Å²) in [4.78, 5) is 2.39. The molecule has 0 amide bonds. The van der Waals surface area contributed by atoms with Crippen molar-refractivity contribution in [1.82, 2.24) is 4.90 Å². The lowest BCUT2D eigenvalue weighted by atomic mass is 10.1. The molecule has 1 aliphatic carbocycles.